The van der Waals surface area contributed by atoms with Crippen molar-refractivity contribution in [2.75, 3.05) is 13.2 Å². The van der Waals surface area contributed by atoms with E-state index in [0.29, 0.717) is 12.8 Å². The summed E-state index contributed by atoms with van der Waals surface area (Å²) in [6.07, 6.45) is 24.5. The summed E-state index contributed by atoms with van der Waals surface area (Å²) in [6, 6.07) is 0. The molecule has 6 unspecified atom stereocenters. The first kappa shape index (κ1) is 52.8. The number of hydrogen-bond acceptors (Lipinski definition) is 12. The van der Waals surface area contributed by atoms with Crippen LogP contribution in [0.1, 0.15) is 155 Å². The molecule has 0 aromatic carbocycles. The van der Waals surface area contributed by atoms with Crippen molar-refractivity contribution >= 4 is 19.8 Å². The number of ether oxygens (including phenoxy) is 2. The Morgan fingerprint density at radius 1 is 0.544 bits per heavy atom. The second-order valence-corrected chi connectivity index (χ2v) is 16.2. The van der Waals surface area contributed by atoms with Crippen molar-refractivity contribution in [1.29, 1.82) is 0 Å². The molecule has 13 nitrogen and oxygen atoms in total. The number of hydrogen-bond donors (Lipinski definition) is 6. The van der Waals surface area contributed by atoms with Crippen molar-refractivity contribution in [3.8, 4) is 0 Å². The Morgan fingerprint density at radius 2 is 0.947 bits per heavy atom. The molecule has 1 rings (SSSR count). The van der Waals surface area contributed by atoms with E-state index in [9.17, 15) is 44.6 Å². The Morgan fingerprint density at radius 3 is 1.42 bits per heavy atom. The number of phosphoric acid groups is 1. The Kier molecular flexibility index (Phi) is 31.2. The minimum absolute atomic E-state index is 0.0758. The fourth-order valence-electron chi connectivity index (χ4n) is 6.08. The van der Waals surface area contributed by atoms with Crippen molar-refractivity contribution < 1.29 is 63.1 Å². The summed E-state index contributed by atoms with van der Waals surface area (Å²) in [5.41, 5.74) is 0. The number of phosphoric ester groups is 1. The van der Waals surface area contributed by atoms with E-state index >= 15 is 0 Å². The van der Waals surface area contributed by atoms with Gasteiger partial charge in [0.2, 0.25) is 0 Å². The van der Waals surface area contributed by atoms with E-state index in [2.05, 4.69) is 62.5 Å². The van der Waals surface area contributed by atoms with Crippen LogP contribution in [0.2, 0.25) is 0 Å². The number of aliphatic hydroxyl groups excluding tert-OH is 5. The van der Waals surface area contributed by atoms with Gasteiger partial charge in [0.1, 0.15) is 43.2 Å². The standard InChI is InChI=1S/C43H75O13P/c1-3-5-7-9-11-13-15-17-19-21-23-25-27-29-31-36(44)53-33-35(34-54-57(51,52)56-43-41(49)39(47)38(46)40(48)42(43)50)55-37(45)32-30-28-26-24-22-20-18-16-14-12-10-8-6-4-2/h9-12,15-18,35,38-43,46-50H,3-8,13-14,19-34H2,1-2H3,(H,51,52)/b11-9-,12-10-,17-15-,18-16-. The Bertz CT molecular complexity index is 1190. The maximum absolute atomic E-state index is 12.8. The summed E-state index contributed by atoms with van der Waals surface area (Å²) in [5, 5.41) is 50.0. The molecule has 1 aliphatic rings. The molecule has 0 radical (unpaired) electrons. The minimum atomic E-state index is -5.12. The van der Waals surface area contributed by atoms with E-state index in [1.54, 1.807) is 0 Å². The summed E-state index contributed by atoms with van der Waals surface area (Å²) in [7, 11) is -5.12. The molecule has 0 saturated heterocycles. The van der Waals surface area contributed by atoms with Crippen molar-refractivity contribution in [3.05, 3.63) is 48.6 Å². The largest absolute Gasteiger partial charge is 0.472 e. The van der Waals surface area contributed by atoms with E-state index in [0.717, 1.165) is 89.9 Å². The summed E-state index contributed by atoms with van der Waals surface area (Å²) < 4.78 is 33.4. The smallest absolute Gasteiger partial charge is 0.462 e. The predicted molar refractivity (Wildman–Crippen MR) is 221 cm³/mol. The van der Waals surface area contributed by atoms with Crippen LogP contribution in [0, 0.1) is 0 Å². The highest BCUT2D eigenvalue weighted by atomic mass is 31.2. The molecule has 6 N–H and O–H groups in total. The first-order chi connectivity index (χ1) is 27.4. The fraction of sp³-hybridized carbons (Fsp3) is 0.767. The highest BCUT2D eigenvalue weighted by Gasteiger charge is 2.51. The van der Waals surface area contributed by atoms with Gasteiger partial charge < -0.3 is 39.9 Å². The summed E-state index contributed by atoms with van der Waals surface area (Å²) in [6.45, 7) is 3.17. The van der Waals surface area contributed by atoms with Gasteiger partial charge in [-0.25, -0.2) is 4.57 Å². The zero-order chi connectivity index (χ0) is 42.2. The van der Waals surface area contributed by atoms with Crippen LogP contribution in [0.15, 0.2) is 48.6 Å². The molecule has 0 aromatic rings. The zero-order valence-electron chi connectivity index (χ0n) is 34.6. The topological polar surface area (TPSA) is 210 Å². The van der Waals surface area contributed by atoms with Gasteiger partial charge in [-0.05, 0) is 64.2 Å². The van der Waals surface area contributed by atoms with E-state index in [1.165, 1.54) is 25.7 Å². The summed E-state index contributed by atoms with van der Waals surface area (Å²) in [5.74, 6) is -1.14. The molecule has 1 fully saturated rings. The molecular formula is C43H75O13P. The van der Waals surface area contributed by atoms with Crippen LogP contribution in [-0.4, -0.2) is 98.3 Å². The molecule has 1 aliphatic carbocycles. The van der Waals surface area contributed by atoms with Gasteiger partial charge in [0, 0.05) is 12.8 Å². The van der Waals surface area contributed by atoms with E-state index < -0.39 is 75.7 Å². The first-order valence-electron chi connectivity index (χ1n) is 21.4. The molecule has 0 bridgehead atoms. The molecule has 0 aliphatic heterocycles. The molecule has 0 aromatic heterocycles. The molecule has 0 amide bonds. The third kappa shape index (κ3) is 26.5. The van der Waals surface area contributed by atoms with Crippen LogP contribution in [-0.2, 0) is 32.7 Å². The lowest BCUT2D eigenvalue weighted by Crippen LogP contribution is -2.64. The van der Waals surface area contributed by atoms with Crippen molar-refractivity contribution in [3.63, 3.8) is 0 Å². The van der Waals surface area contributed by atoms with E-state index in [-0.39, 0.29) is 12.8 Å². The molecule has 57 heavy (non-hydrogen) atoms. The van der Waals surface area contributed by atoms with Crippen LogP contribution in [0.4, 0.5) is 0 Å². The van der Waals surface area contributed by atoms with Crippen LogP contribution >= 0.6 is 7.82 Å². The van der Waals surface area contributed by atoms with E-state index in [1.807, 2.05) is 0 Å². The number of aliphatic hydroxyl groups is 5. The number of unbranched alkanes of at least 4 members (excludes halogenated alkanes) is 14. The number of rotatable bonds is 34. The molecule has 6 atom stereocenters. The Balaban J connectivity index is 2.52. The molecule has 330 valence electrons. The number of esters is 2. The van der Waals surface area contributed by atoms with Gasteiger partial charge in [-0.1, -0.05) is 127 Å². The highest BCUT2D eigenvalue weighted by molar-refractivity contribution is 7.47. The van der Waals surface area contributed by atoms with Gasteiger partial charge in [0.15, 0.2) is 6.10 Å². The maximum Gasteiger partial charge on any atom is 0.472 e. The number of carbonyl (C=O) groups is 2. The van der Waals surface area contributed by atoms with Gasteiger partial charge in [0.05, 0.1) is 6.61 Å². The number of carbonyl (C=O) groups excluding carboxylic acids is 2. The quantitative estimate of drug-likeness (QED) is 0.0160. The third-order valence-electron chi connectivity index (χ3n) is 9.64. The van der Waals surface area contributed by atoms with Crippen LogP contribution in [0.3, 0.4) is 0 Å². The molecule has 1 saturated carbocycles. The average molecular weight is 831 g/mol. The third-order valence-corrected chi connectivity index (χ3v) is 10.6. The van der Waals surface area contributed by atoms with Gasteiger partial charge in [-0.2, -0.15) is 0 Å². The van der Waals surface area contributed by atoms with Crippen molar-refractivity contribution in [2.45, 2.75) is 198 Å². The van der Waals surface area contributed by atoms with Crippen LogP contribution in [0.25, 0.3) is 0 Å². The average Bonchev–Trinajstić information content (AvgIpc) is 3.19. The van der Waals surface area contributed by atoms with Crippen molar-refractivity contribution in [1.82, 2.24) is 0 Å². The minimum Gasteiger partial charge on any atom is -0.462 e. The van der Waals surface area contributed by atoms with Gasteiger partial charge >= 0.3 is 19.8 Å². The predicted octanol–water partition coefficient (Wildman–Crippen LogP) is 7.61. The first-order valence-corrected chi connectivity index (χ1v) is 22.9. The normalized spacial score (nSPS) is 23.2. The fourth-order valence-corrected chi connectivity index (χ4v) is 7.06. The summed E-state index contributed by atoms with van der Waals surface area (Å²) in [4.78, 5) is 35.6. The molecule has 0 heterocycles. The van der Waals surface area contributed by atoms with Crippen LogP contribution < -0.4 is 0 Å². The second kappa shape index (κ2) is 33.6. The SMILES string of the molecule is CCCC/C=C\C/C=C\CCCCCCCC(=O)OCC(COP(=O)(O)OC1C(O)C(O)C(O)C(O)C1O)OC(=O)CCCCCCC/C=C\C/C=C\CCCC. The van der Waals surface area contributed by atoms with Crippen LogP contribution in [0.5, 0.6) is 0 Å². The van der Waals surface area contributed by atoms with Crippen molar-refractivity contribution in [2.24, 2.45) is 0 Å². The lowest BCUT2D eigenvalue weighted by Gasteiger charge is -2.41. The lowest BCUT2D eigenvalue weighted by atomic mass is 9.85. The Hall–Kier alpha value is -2.19. The van der Waals surface area contributed by atoms with Gasteiger partial charge in [-0.3, -0.25) is 18.6 Å². The monoisotopic (exact) mass is 830 g/mol. The summed E-state index contributed by atoms with van der Waals surface area (Å²) >= 11 is 0. The van der Waals surface area contributed by atoms with Gasteiger partial charge in [0.25, 0.3) is 0 Å². The highest BCUT2D eigenvalue weighted by Crippen LogP contribution is 2.47. The molecular weight excluding hydrogens is 755 g/mol. The Labute approximate surface area is 341 Å². The lowest BCUT2D eigenvalue weighted by molar-refractivity contribution is -0.220. The van der Waals surface area contributed by atoms with E-state index in [4.69, 9.17) is 18.5 Å². The number of allylic oxidation sites excluding steroid dienone is 8. The molecule has 14 heteroatoms. The zero-order valence-corrected chi connectivity index (χ0v) is 35.5. The maximum atomic E-state index is 12.8. The van der Waals surface area contributed by atoms with Gasteiger partial charge in [-0.15, -0.1) is 0 Å². The second-order valence-electron chi connectivity index (χ2n) is 14.8. The molecule has 0 spiro atoms.